The summed E-state index contributed by atoms with van der Waals surface area (Å²) in [6.45, 7) is 2.19. The first-order valence-corrected chi connectivity index (χ1v) is 8.63. The smallest absolute Gasteiger partial charge is 0.319 e. The van der Waals surface area contributed by atoms with Gasteiger partial charge in [-0.1, -0.05) is 18.2 Å². The molecule has 3 rings (SSSR count). The Balaban J connectivity index is 1.58. The third kappa shape index (κ3) is 4.14. The lowest BCUT2D eigenvalue weighted by Gasteiger charge is -2.36. The number of carbonyl (C=O) groups excluding carboxylic acids is 2. The Morgan fingerprint density at radius 2 is 1.35 bits per heavy atom. The second-order valence-corrected chi connectivity index (χ2v) is 6.40. The van der Waals surface area contributed by atoms with E-state index in [-0.39, 0.29) is 11.9 Å². The maximum atomic E-state index is 12.7. The van der Waals surface area contributed by atoms with Gasteiger partial charge < -0.3 is 19.4 Å². The lowest BCUT2D eigenvalue weighted by Crippen LogP contribution is -2.52. The van der Waals surface area contributed by atoms with E-state index >= 15 is 0 Å². The number of para-hydroxylation sites is 1. The Bertz CT molecular complexity index is 752. The molecule has 26 heavy (non-hydrogen) atoms. The molecule has 0 atom stereocenters. The van der Waals surface area contributed by atoms with Crippen molar-refractivity contribution in [1.29, 1.82) is 0 Å². The van der Waals surface area contributed by atoms with Crippen molar-refractivity contribution >= 4 is 11.9 Å². The first-order valence-electron chi connectivity index (χ1n) is 8.63. The summed E-state index contributed by atoms with van der Waals surface area (Å²) in [5.74, 6) is 1.43. The first kappa shape index (κ1) is 17.8. The number of benzene rings is 2. The lowest BCUT2D eigenvalue weighted by molar-refractivity contribution is 0.0650. The molecule has 2 aromatic rings. The summed E-state index contributed by atoms with van der Waals surface area (Å²) >= 11 is 0. The van der Waals surface area contributed by atoms with E-state index in [0.29, 0.717) is 37.5 Å². The van der Waals surface area contributed by atoms with Gasteiger partial charge in [0, 0.05) is 45.8 Å². The van der Waals surface area contributed by atoms with Crippen LogP contribution in [0.1, 0.15) is 10.4 Å². The van der Waals surface area contributed by atoms with Crippen LogP contribution in [0.25, 0.3) is 0 Å². The number of urea groups is 1. The van der Waals surface area contributed by atoms with E-state index in [1.165, 1.54) is 0 Å². The van der Waals surface area contributed by atoms with Gasteiger partial charge in [-0.15, -0.1) is 0 Å². The molecule has 6 nitrogen and oxygen atoms in total. The molecule has 0 N–H and O–H groups in total. The highest BCUT2D eigenvalue weighted by atomic mass is 16.5. The normalized spacial score (nSPS) is 14.1. The fourth-order valence-corrected chi connectivity index (χ4v) is 2.86. The molecule has 0 aromatic heterocycles. The largest absolute Gasteiger partial charge is 0.457 e. The molecule has 0 bridgehead atoms. The van der Waals surface area contributed by atoms with Gasteiger partial charge in [-0.2, -0.15) is 0 Å². The Morgan fingerprint density at radius 1 is 0.808 bits per heavy atom. The van der Waals surface area contributed by atoms with Gasteiger partial charge >= 0.3 is 6.03 Å². The van der Waals surface area contributed by atoms with E-state index in [9.17, 15) is 9.59 Å². The molecule has 0 spiro atoms. The van der Waals surface area contributed by atoms with Crippen LogP contribution in [0, 0.1) is 0 Å². The summed E-state index contributed by atoms with van der Waals surface area (Å²) in [4.78, 5) is 29.7. The molecule has 6 heteroatoms. The predicted octanol–water partition coefficient (Wildman–Crippen LogP) is 2.92. The molecule has 1 fully saturated rings. The van der Waals surface area contributed by atoms with Crippen LogP contribution in [0.4, 0.5) is 4.79 Å². The molecule has 1 aliphatic rings. The average molecular weight is 353 g/mol. The van der Waals surface area contributed by atoms with Crippen molar-refractivity contribution < 1.29 is 14.3 Å². The number of rotatable bonds is 3. The zero-order valence-corrected chi connectivity index (χ0v) is 15.1. The number of amides is 3. The maximum absolute atomic E-state index is 12.7. The van der Waals surface area contributed by atoms with E-state index in [0.717, 1.165) is 5.75 Å². The van der Waals surface area contributed by atoms with Gasteiger partial charge in [0.1, 0.15) is 11.5 Å². The van der Waals surface area contributed by atoms with Crippen LogP contribution >= 0.6 is 0 Å². The zero-order valence-electron chi connectivity index (χ0n) is 15.1. The second kappa shape index (κ2) is 7.91. The monoisotopic (exact) mass is 353 g/mol. The van der Waals surface area contributed by atoms with Crippen LogP contribution in [0.2, 0.25) is 0 Å². The maximum Gasteiger partial charge on any atom is 0.319 e. The minimum atomic E-state index is -0.0202. The molecule has 0 unspecified atom stereocenters. The van der Waals surface area contributed by atoms with Crippen molar-refractivity contribution in [2.45, 2.75) is 0 Å². The van der Waals surface area contributed by atoms with Crippen molar-refractivity contribution in [3.63, 3.8) is 0 Å². The van der Waals surface area contributed by atoms with Crippen molar-refractivity contribution in [3.05, 3.63) is 60.2 Å². The highest BCUT2D eigenvalue weighted by molar-refractivity contribution is 5.94. The van der Waals surface area contributed by atoms with Crippen molar-refractivity contribution in [1.82, 2.24) is 14.7 Å². The molecule has 136 valence electrons. The molecule has 3 amide bonds. The Morgan fingerprint density at radius 3 is 1.92 bits per heavy atom. The number of hydrogen-bond donors (Lipinski definition) is 0. The van der Waals surface area contributed by atoms with E-state index in [4.69, 9.17) is 4.74 Å². The summed E-state index contributed by atoms with van der Waals surface area (Å²) in [6.07, 6.45) is 0. The molecule has 2 aromatic carbocycles. The summed E-state index contributed by atoms with van der Waals surface area (Å²) in [7, 11) is 3.47. The van der Waals surface area contributed by atoms with Crippen molar-refractivity contribution in [3.8, 4) is 11.5 Å². The van der Waals surface area contributed by atoms with E-state index in [2.05, 4.69) is 0 Å². The van der Waals surface area contributed by atoms with Gasteiger partial charge in [-0.25, -0.2) is 4.79 Å². The van der Waals surface area contributed by atoms with Gasteiger partial charge in [0.15, 0.2) is 0 Å². The highest BCUT2D eigenvalue weighted by Crippen LogP contribution is 2.21. The summed E-state index contributed by atoms with van der Waals surface area (Å²) in [5, 5.41) is 0. The van der Waals surface area contributed by atoms with Crippen LogP contribution in [-0.2, 0) is 0 Å². The number of ether oxygens (including phenoxy) is 1. The lowest BCUT2D eigenvalue weighted by atomic mass is 10.1. The average Bonchev–Trinajstić information content (AvgIpc) is 2.68. The molecule has 1 aliphatic heterocycles. The predicted molar refractivity (Wildman–Crippen MR) is 99.5 cm³/mol. The number of piperazine rings is 1. The highest BCUT2D eigenvalue weighted by Gasteiger charge is 2.25. The minimum Gasteiger partial charge on any atom is -0.457 e. The van der Waals surface area contributed by atoms with Crippen LogP contribution in [-0.4, -0.2) is 66.9 Å². The molecular weight excluding hydrogens is 330 g/mol. The molecule has 1 heterocycles. The van der Waals surface area contributed by atoms with Gasteiger partial charge in [0.2, 0.25) is 0 Å². The van der Waals surface area contributed by atoms with Gasteiger partial charge in [0.05, 0.1) is 0 Å². The third-order valence-electron chi connectivity index (χ3n) is 4.30. The van der Waals surface area contributed by atoms with Crippen molar-refractivity contribution in [2.24, 2.45) is 0 Å². The van der Waals surface area contributed by atoms with E-state index in [1.807, 2.05) is 30.3 Å². The second-order valence-electron chi connectivity index (χ2n) is 6.40. The van der Waals surface area contributed by atoms with E-state index < -0.39 is 0 Å². The fourth-order valence-electron chi connectivity index (χ4n) is 2.86. The van der Waals surface area contributed by atoms with Gasteiger partial charge in [0.25, 0.3) is 5.91 Å². The minimum absolute atomic E-state index is 0.0143. The van der Waals surface area contributed by atoms with Crippen LogP contribution in [0.3, 0.4) is 0 Å². The van der Waals surface area contributed by atoms with Crippen molar-refractivity contribution in [2.75, 3.05) is 40.3 Å². The molecule has 1 saturated heterocycles. The SMILES string of the molecule is CN(C)C(=O)N1CCN(C(=O)c2ccc(Oc3ccccc3)cc2)CC1. The zero-order chi connectivity index (χ0) is 18.5. The van der Waals surface area contributed by atoms with Crippen LogP contribution in [0.5, 0.6) is 11.5 Å². The Kier molecular flexibility index (Phi) is 5.41. The van der Waals surface area contributed by atoms with E-state index in [1.54, 1.807) is 53.1 Å². The van der Waals surface area contributed by atoms with Gasteiger partial charge in [-0.05, 0) is 36.4 Å². The standard InChI is InChI=1S/C20H23N3O3/c1-21(2)20(25)23-14-12-22(13-15-23)19(24)16-8-10-18(11-9-16)26-17-6-4-3-5-7-17/h3-11H,12-15H2,1-2H3. The molecular formula is C20H23N3O3. The first-order chi connectivity index (χ1) is 12.5. The summed E-state index contributed by atoms with van der Waals surface area (Å²) in [6, 6.07) is 16.6. The number of nitrogens with zero attached hydrogens (tertiary/aromatic N) is 3. The molecule has 0 radical (unpaired) electrons. The quantitative estimate of drug-likeness (QED) is 0.853. The Labute approximate surface area is 153 Å². The fraction of sp³-hybridized carbons (Fsp3) is 0.300. The summed E-state index contributed by atoms with van der Waals surface area (Å²) in [5.41, 5.74) is 0.623. The molecule has 0 aliphatic carbocycles. The van der Waals surface area contributed by atoms with Gasteiger partial charge in [-0.3, -0.25) is 4.79 Å². The topological polar surface area (TPSA) is 53.1 Å². The third-order valence-corrected chi connectivity index (χ3v) is 4.30. The molecule has 0 saturated carbocycles. The Hall–Kier alpha value is -3.02. The van der Waals surface area contributed by atoms with Crippen LogP contribution < -0.4 is 4.74 Å². The number of carbonyl (C=O) groups is 2. The summed E-state index contributed by atoms with van der Waals surface area (Å²) < 4.78 is 5.75. The van der Waals surface area contributed by atoms with Crippen LogP contribution in [0.15, 0.2) is 54.6 Å². The number of hydrogen-bond acceptors (Lipinski definition) is 3.